The minimum atomic E-state index is -0.912. The summed E-state index contributed by atoms with van der Waals surface area (Å²) in [7, 11) is 0. The van der Waals surface area contributed by atoms with Crippen molar-refractivity contribution in [2.75, 3.05) is 0 Å². The second-order valence-corrected chi connectivity index (χ2v) is 4.40. The van der Waals surface area contributed by atoms with Crippen LogP contribution in [0.25, 0.3) is 11.0 Å². The van der Waals surface area contributed by atoms with Gasteiger partial charge in [0, 0.05) is 23.5 Å². The Morgan fingerprint density at radius 3 is 3.00 bits per heavy atom. The molecule has 3 rings (SSSR count). The maximum Gasteiger partial charge on any atom is 0.336 e. The topological polar surface area (TPSA) is 62.5 Å². The first-order valence-corrected chi connectivity index (χ1v) is 5.71. The number of fused-ring (bicyclic) bond motifs is 1. The summed E-state index contributed by atoms with van der Waals surface area (Å²) in [5.74, 6) is -0.912. The van der Waals surface area contributed by atoms with Crippen molar-refractivity contribution in [3.63, 3.8) is 0 Å². The largest absolute Gasteiger partial charge is 0.478 e. The molecule has 17 heavy (non-hydrogen) atoms. The minimum Gasteiger partial charge on any atom is -0.478 e. The average molecular weight is 231 g/mol. The molecule has 0 aliphatic heterocycles. The van der Waals surface area contributed by atoms with Gasteiger partial charge in [0.25, 0.3) is 0 Å². The Balaban J connectivity index is 2.01. The molecule has 1 aliphatic carbocycles. The van der Waals surface area contributed by atoms with Gasteiger partial charge >= 0.3 is 5.97 Å². The fourth-order valence-electron chi connectivity index (χ4n) is 2.00. The monoisotopic (exact) mass is 231 g/mol. The van der Waals surface area contributed by atoms with E-state index >= 15 is 0 Å². The predicted octanol–water partition coefficient (Wildman–Crippen LogP) is 2.38. The van der Waals surface area contributed by atoms with Crippen molar-refractivity contribution < 1.29 is 14.3 Å². The van der Waals surface area contributed by atoms with Crippen LogP contribution in [0, 0.1) is 0 Å². The van der Waals surface area contributed by atoms with E-state index < -0.39 is 5.97 Å². The highest BCUT2D eigenvalue weighted by Crippen LogP contribution is 2.26. The number of aromatic carboxylic acids is 1. The molecule has 88 valence electrons. The van der Waals surface area contributed by atoms with Crippen LogP contribution in [0.2, 0.25) is 0 Å². The zero-order chi connectivity index (χ0) is 11.8. The number of hydrogen-bond donors (Lipinski definition) is 2. The fourth-order valence-corrected chi connectivity index (χ4v) is 2.00. The summed E-state index contributed by atoms with van der Waals surface area (Å²) in [6.07, 6.45) is 4.07. The SMILES string of the molecule is O=C(O)c1cccc2occ(CNC3CC3)c12. The van der Waals surface area contributed by atoms with Crippen LogP contribution in [0.3, 0.4) is 0 Å². The van der Waals surface area contributed by atoms with Crippen molar-refractivity contribution in [3.8, 4) is 0 Å². The number of nitrogens with one attached hydrogen (secondary N) is 1. The number of carbonyl (C=O) groups is 1. The summed E-state index contributed by atoms with van der Waals surface area (Å²) in [5, 5.41) is 13.2. The lowest BCUT2D eigenvalue weighted by Gasteiger charge is -2.02. The Hall–Kier alpha value is -1.81. The zero-order valence-electron chi connectivity index (χ0n) is 9.27. The third-order valence-electron chi connectivity index (χ3n) is 3.06. The van der Waals surface area contributed by atoms with Gasteiger partial charge in [0.15, 0.2) is 0 Å². The van der Waals surface area contributed by atoms with E-state index in [1.807, 2.05) is 0 Å². The van der Waals surface area contributed by atoms with Gasteiger partial charge in [-0.25, -0.2) is 4.79 Å². The quantitative estimate of drug-likeness (QED) is 0.848. The van der Waals surface area contributed by atoms with Crippen LogP contribution < -0.4 is 5.32 Å². The van der Waals surface area contributed by atoms with Gasteiger partial charge in [-0.05, 0) is 25.0 Å². The van der Waals surface area contributed by atoms with Crippen molar-refractivity contribution in [1.29, 1.82) is 0 Å². The summed E-state index contributed by atoms with van der Waals surface area (Å²) in [6.45, 7) is 0.669. The predicted molar refractivity (Wildman–Crippen MR) is 63.0 cm³/mol. The van der Waals surface area contributed by atoms with Crippen LogP contribution in [0.4, 0.5) is 0 Å². The van der Waals surface area contributed by atoms with Crippen LogP contribution in [0.15, 0.2) is 28.9 Å². The van der Waals surface area contributed by atoms with Gasteiger partial charge in [0.2, 0.25) is 0 Å². The Morgan fingerprint density at radius 1 is 1.47 bits per heavy atom. The van der Waals surface area contributed by atoms with Crippen molar-refractivity contribution in [2.24, 2.45) is 0 Å². The fraction of sp³-hybridized carbons (Fsp3) is 0.308. The van der Waals surface area contributed by atoms with Gasteiger partial charge in [-0.3, -0.25) is 0 Å². The molecule has 0 amide bonds. The van der Waals surface area contributed by atoms with Gasteiger partial charge in [-0.15, -0.1) is 0 Å². The number of furan rings is 1. The van der Waals surface area contributed by atoms with Crippen molar-refractivity contribution in [1.82, 2.24) is 5.32 Å². The highest BCUT2D eigenvalue weighted by Gasteiger charge is 2.21. The second-order valence-electron chi connectivity index (χ2n) is 4.40. The normalized spacial score (nSPS) is 15.3. The van der Waals surface area contributed by atoms with E-state index in [4.69, 9.17) is 9.52 Å². The van der Waals surface area contributed by atoms with Gasteiger partial charge in [-0.1, -0.05) is 6.07 Å². The Kier molecular flexibility index (Phi) is 2.37. The van der Waals surface area contributed by atoms with E-state index in [-0.39, 0.29) is 0 Å². The highest BCUT2D eigenvalue weighted by molar-refractivity contribution is 6.03. The summed E-state index contributed by atoms with van der Waals surface area (Å²) >= 11 is 0. The van der Waals surface area contributed by atoms with E-state index in [0.717, 1.165) is 5.56 Å². The van der Waals surface area contributed by atoms with Gasteiger partial charge < -0.3 is 14.8 Å². The van der Waals surface area contributed by atoms with E-state index in [0.29, 0.717) is 29.1 Å². The van der Waals surface area contributed by atoms with E-state index in [1.54, 1.807) is 24.5 Å². The lowest BCUT2D eigenvalue weighted by molar-refractivity contribution is 0.0699. The third-order valence-corrected chi connectivity index (χ3v) is 3.06. The molecular weight excluding hydrogens is 218 g/mol. The number of carboxylic acid groups (broad SMARTS) is 1. The molecule has 0 unspecified atom stereocenters. The zero-order valence-corrected chi connectivity index (χ0v) is 9.27. The molecule has 4 heteroatoms. The molecule has 0 atom stereocenters. The van der Waals surface area contributed by atoms with E-state index in [2.05, 4.69) is 5.32 Å². The van der Waals surface area contributed by atoms with E-state index in [1.165, 1.54) is 12.8 Å². The van der Waals surface area contributed by atoms with Crippen LogP contribution in [0.1, 0.15) is 28.8 Å². The van der Waals surface area contributed by atoms with Crippen LogP contribution in [-0.4, -0.2) is 17.1 Å². The van der Waals surface area contributed by atoms with Crippen LogP contribution in [0.5, 0.6) is 0 Å². The maximum absolute atomic E-state index is 11.2. The second kappa shape index (κ2) is 3.89. The molecule has 0 spiro atoms. The lowest BCUT2D eigenvalue weighted by atomic mass is 10.1. The highest BCUT2D eigenvalue weighted by atomic mass is 16.4. The number of benzene rings is 1. The number of hydrogen-bond acceptors (Lipinski definition) is 3. The summed E-state index contributed by atoms with van der Waals surface area (Å²) in [6, 6.07) is 5.70. The van der Waals surface area contributed by atoms with Gasteiger partial charge in [-0.2, -0.15) is 0 Å². The molecule has 1 fully saturated rings. The van der Waals surface area contributed by atoms with Crippen molar-refractivity contribution in [3.05, 3.63) is 35.6 Å². The third kappa shape index (κ3) is 1.91. The first-order chi connectivity index (χ1) is 8.25. The lowest BCUT2D eigenvalue weighted by Crippen LogP contribution is -2.15. The first kappa shape index (κ1) is 10.4. The molecule has 1 heterocycles. The van der Waals surface area contributed by atoms with Crippen molar-refractivity contribution in [2.45, 2.75) is 25.4 Å². The standard InChI is InChI=1S/C13H13NO3/c15-13(16)10-2-1-3-11-12(10)8(7-17-11)6-14-9-4-5-9/h1-3,7,9,14H,4-6H2,(H,15,16). The molecule has 0 saturated heterocycles. The molecule has 2 N–H and O–H groups in total. The van der Waals surface area contributed by atoms with Crippen molar-refractivity contribution >= 4 is 16.9 Å². The summed E-state index contributed by atoms with van der Waals surface area (Å²) < 4.78 is 5.39. The smallest absolute Gasteiger partial charge is 0.336 e. The molecule has 1 aromatic heterocycles. The van der Waals surface area contributed by atoms with Crippen LogP contribution in [-0.2, 0) is 6.54 Å². The number of rotatable bonds is 4. The molecule has 1 aliphatic rings. The molecule has 4 nitrogen and oxygen atoms in total. The summed E-state index contributed by atoms with van der Waals surface area (Å²) in [5.41, 5.74) is 1.87. The Bertz CT molecular complexity index is 569. The molecule has 0 bridgehead atoms. The molecule has 1 saturated carbocycles. The van der Waals surface area contributed by atoms with Crippen LogP contribution >= 0.6 is 0 Å². The Morgan fingerprint density at radius 2 is 2.29 bits per heavy atom. The molecule has 0 radical (unpaired) electrons. The molecule has 1 aromatic carbocycles. The maximum atomic E-state index is 11.2. The van der Waals surface area contributed by atoms with Gasteiger partial charge in [0.05, 0.1) is 11.8 Å². The number of carboxylic acids is 1. The van der Waals surface area contributed by atoms with E-state index in [9.17, 15) is 4.79 Å². The molecular formula is C13H13NO3. The average Bonchev–Trinajstić information content (AvgIpc) is 3.06. The summed E-state index contributed by atoms with van der Waals surface area (Å²) in [4.78, 5) is 11.2. The minimum absolute atomic E-state index is 0.309. The van der Waals surface area contributed by atoms with Gasteiger partial charge in [0.1, 0.15) is 5.58 Å². The molecule has 2 aromatic rings. The Labute approximate surface area is 98.2 Å². The first-order valence-electron chi connectivity index (χ1n) is 5.71.